The second-order valence-corrected chi connectivity index (χ2v) is 10.8. The second-order valence-electron chi connectivity index (χ2n) is 8.79. The number of nitrogens with zero attached hydrogens (tertiary/aromatic N) is 1. The van der Waals surface area contributed by atoms with Gasteiger partial charge in [-0.3, -0.25) is 9.69 Å². The Kier molecular flexibility index (Phi) is 11.3. The van der Waals surface area contributed by atoms with E-state index in [1.165, 1.54) is 6.08 Å². The van der Waals surface area contributed by atoms with Gasteiger partial charge in [-0.2, -0.15) is 0 Å². The number of hydrogen-bond acceptors (Lipinski definition) is 5. The second kappa shape index (κ2) is 14.4. The summed E-state index contributed by atoms with van der Waals surface area (Å²) in [6.07, 6.45) is 4.95. The Hall–Kier alpha value is -2.32. The van der Waals surface area contributed by atoms with Crippen LogP contribution in [0.15, 0.2) is 61.2 Å². The molecule has 0 spiro atoms. The number of likely N-dealkylation sites (tertiary alicyclic amines) is 1. The fourth-order valence-corrected chi connectivity index (χ4v) is 5.96. The van der Waals surface area contributed by atoms with Crippen LogP contribution in [-0.4, -0.2) is 53.1 Å². The Morgan fingerprint density at radius 3 is 2.69 bits per heavy atom. The molecule has 0 aromatic heterocycles. The molecule has 2 aromatic carbocycles. The molecular weight excluding hydrogens is 498 g/mol. The van der Waals surface area contributed by atoms with Gasteiger partial charge in [0.15, 0.2) is 5.37 Å². The number of carbonyl (C=O) groups excluding carboxylic acids is 2. The van der Waals surface area contributed by atoms with E-state index in [2.05, 4.69) is 13.5 Å². The van der Waals surface area contributed by atoms with E-state index >= 15 is 0 Å². The molecule has 1 amide bonds. The molecule has 0 radical (unpaired) electrons. The Morgan fingerprint density at radius 2 is 2.03 bits per heavy atom. The number of carbonyl (C=O) groups is 2. The smallest absolute Gasteiger partial charge is 0.338 e. The summed E-state index contributed by atoms with van der Waals surface area (Å²) in [6.45, 7) is 7.15. The molecule has 0 bridgehead atoms. The lowest BCUT2D eigenvalue weighted by Crippen LogP contribution is -2.57. The molecule has 0 aliphatic carbocycles. The molecule has 1 aliphatic heterocycles. The quantitative estimate of drug-likeness (QED) is 0.0999. The summed E-state index contributed by atoms with van der Waals surface area (Å²) in [4.78, 5) is 25.7. The number of β-lactam (4-membered cyclic amide) rings is 1. The zero-order valence-electron chi connectivity index (χ0n) is 20.7. The van der Waals surface area contributed by atoms with E-state index in [1.807, 2.05) is 24.3 Å². The van der Waals surface area contributed by atoms with Gasteiger partial charge in [0.05, 0.1) is 25.2 Å². The molecule has 6 nitrogen and oxygen atoms in total. The van der Waals surface area contributed by atoms with Crippen LogP contribution >= 0.6 is 11.6 Å². The molecule has 1 fully saturated rings. The van der Waals surface area contributed by atoms with E-state index in [4.69, 9.17) is 21.1 Å². The number of amides is 1. The molecule has 36 heavy (non-hydrogen) atoms. The first-order valence-corrected chi connectivity index (χ1v) is 14.1. The largest absolute Gasteiger partial charge is 0.614 e. The standard InChI is InChI=1S/C28H34ClNO5S/c1-3-5-8-23(24-9-6-7-10-25(24)29)19-34-17-15-30-26(31)18-27(30)36(33)20-21-11-13-22(14-12-21)28(32)35-16-4-2/h4,6-7,9-14,23,27H,2-3,5,8,15-20H2,1H3. The number of hydrogen-bond donors (Lipinski definition) is 0. The molecule has 194 valence electrons. The molecule has 3 unspecified atom stereocenters. The number of unbranched alkanes of at least 4 members (excludes halogenated alkanes) is 1. The number of ether oxygens (including phenoxy) is 2. The zero-order chi connectivity index (χ0) is 25.9. The number of benzene rings is 2. The van der Waals surface area contributed by atoms with Crippen molar-refractivity contribution in [3.8, 4) is 0 Å². The first-order chi connectivity index (χ1) is 17.4. The first-order valence-electron chi connectivity index (χ1n) is 12.3. The Labute approximate surface area is 221 Å². The van der Waals surface area contributed by atoms with Crippen molar-refractivity contribution in [2.24, 2.45) is 0 Å². The third-order valence-electron chi connectivity index (χ3n) is 6.20. The average molecular weight is 532 g/mol. The fourth-order valence-electron chi connectivity index (χ4n) is 4.12. The number of rotatable bonds is 15. The van der Waals surface area contributed by atoms with Gasteiger partial charge in [-0.25, -0.2) is 4.79 Å². The van der Waals surface area contributed by atoms with E-state index in [0.29, 0.717) is 31.1 Å². The minimum atomic E-state index is -1.25. The fraction of sp³-hybridized carbons (Fsp3) is 0.429. The van der Waals surface area contributed by atoms with Gasteiger partial charge < -0.3 is 14.0 Å². The van der Waals surface area contributed by atoms with Gasteiger partial charge in [-0.15, -0.1) is 0 Å². The van der Waals surface area contributed by atoms with Gasteiger partial charge in [0.1, 0.15) is 12.4 Å². The lowest BCUT2D eigenvalue weighted by molar-refractivity contribution is -0.143. The molecule has 3 atom stereocenters. The molecule has 8 heteroatoms. The number of halogens is 1. The summed E-state index contributed by atoms with van der Waals surface area (Å²) in [7, 11) is 0. The highest BCUT2D eigenvalue weighted by Gasteiger charge is 2.44. The van der Waals surface area contributed by atoms with E-state index in [0.717, 1.165) is 35.4 Å². The van der Waals surface area contributed by atoms with Crippen molar-refractivity contribution < 1.29 is 23.6 Å². The lowest BCUT2D eigenvalue weighted by atomic mass is 9.94. The third-order valence-corrected chi connectivity index (χ3v) is 8.19. The lowest BCUT2D eigenvalue weighted by Gasteiger charge is -2.40. The Bertz CT molecular complexity index is 1020. The van der Waals surface area contributed by atoms with Gasteiger partial charge in [0.25, 0.3) is 0 Å². The van der Waals surface area contributed by atoms with E-state index < -0.39 is 17.1 Å². The normalized spacial score (nSPS) is 16.8. The Morgan fingerprint density at radius 1 is 1.28 bits per heavy atom. The topological polar surface area (TPSA) is 78.9 Å². The molecule has 1 aliphatic rings. The minimum Gasteiger partial charge on any atom is -0.614 e. The maximum Gasteiger partial charge on any atom is 0.338 e. The molecular formula is C28H34ClNO5S. The molecule has 2 aromatic rings. The predicted molar refractivity (Wildman–Crippen MR) is 143 cm³/mol. The van der Waals surface area contributed by atoms with Crippen LogP contribution in [0.3, 0.4) is 0 Å². The highest BCUT2D eigenvalue weighted by Crippen LogP contribution is 2.30. The van der Waals surface area contributed by atoms with Crippen LogP contribution in [0.1, 0.15) is 60.0 Å². The van der Waals surface area contributed by atoms with E-state index in [1.54, 1.807) is 29.2 Å². The highest BCUT2D eigenvalue weighted by atomic mass is 35.5. The Balaban J connectivity index is 1.47. The minimum absolute atomic E-state index is 0.00843. The highest BCUT2D eigenvalue weighted by molar-refractivity contribution is 7.91. The summed E-state index contributed by atoms with van der Waals surface area (Å²) in [5.74, 6) is 0.0755. The van der Waals surface area contributed by atoms with Crippen molar-refractivity contribution in [3.05, 3.63) is 82.9 Å². The van der Waals surface area contributed by atoms with E-state index in [-0.39, 0.29) is 30.2 Å². The van der Waals surface area contributed by atoms with Gasteiger partial charge in [-0.1, -0.05) is 74.4 Å². The van der Waals surface area contributed by atoms with E-state index in [9.17, 15) is 14.1 Å². The van der Waals surface area contributed by atoms with Gasteiger partial charge in [-0.05, 0) is 41.4 Å². The van der Waals surface area contributed by atoms with Crippen LogP contribution in [-0.2, 0) is 31.2 Å². The van der Waals surface area contributed by atoms with Crippen LogP contribution < -0.4 is 0 Å². The molecule has 1 saturated heterocycles. The summed E-state index contributed by atoms with van der Waals surface area (Å²) < 4.78 is 23.9. The third kappa shape index (κ3) is 7.84. The summed E-state index contributed by atoms with van der Waals surface area (Å²) in [5.41, 5.74) is 2.35. The first kappa shape index (κ1) is 28.3. The van der Waals surface area contributed by atoms with Crippen LogP contribution in [0.4, 0.5) is 0 Å². The van der Waals surface area contributed by atoms with Crippen molar-refractivity contribution in [1.82, 2.24) is 4.90 Å². The van der Waals surface area contributed by atoms with Crippen LogP contribution in [0, 0.1) is 0 Å². The molecule has 0 N–H and O–H groups in total. The summed E-state index contributed by atoms with van der Waals surface area (Å²) in [6, 6.07) is 14.7. The van der Waals surface area contributed by atoms with Crippen molar-refractivity contribution in [2.75, 3.05) is 26.4 Å². The average Bonchev–Trinajstić information content (AvgIpc) is 2.88. The maximum atomic E-state index is 13.0. The monoisotopic (exact) mass is 531 g/mol. The van der Waals surface area contributed by atoms with Gasteiger partial charge >= 0.3 is 5.97 Å². The van der Waals surface area contributed by atoms with Crippen molar-refractivity contribution >= 4 is 34.7 Å². The SMILES string of the molecule is C=CCOC(=O)c1ccc(C[S+]([O-])C2CC(=O)N2CCOCC(CCCC)c2ccccc2Cl)cc1. The molecule has 3 rings (SSSR count). The van der Waals surface area contributed by atoms with Gasteiger partial charge in [0.2, 0.25) is 5.91 Å². The number of esters is 1. The van der Waals surface area contributed by atoms with Crippen molar-refractivity contribution in [3.63, 3.8) is 0 Å². The van der Waals surface area contributed by atoms with Crippen LogP contribution in [0.25, 0.3) is 0 Å². The van der Waals surface area contributed by atoms with Gasteiger partial charge in [0, 0.05) is 23.0 Å². The summed E-state index contributed by atoms with van der Waals surface area (Å²) >= 11 is 5.16. The molecule has 1 heterocycles. The summed E-state index contributed by atoms with van der Waals surface area (Å²) in [5, 5.41) is 0.426. The predicted octanol–water partition coefficient (Wildman–Crippen LogP) is 5.48. The van der Waals surface area contributed by atoms with Crippen LogP contribution in [0.5, 0.6) is 0 Å². The van der Waals surface area contributed by atoms with Crippen LogP contribution in [0.2, 0.25) is 5.02 Å². The molecule has 0 saturated carbocycles. The van der Waals surface area contributed by atoms with Crippen molar-refractivity contribution in [1.29, 1.82) is 0 Å². The maximum absolute atomic E-state index is 13.0. The zero-order valence-corrected chi connectivity index (χ0v) is 22.3. The van der Waals surface area contributed by atoms with Crippen molar-refractivity contribution in [2.45, 2.75) is 49.7 Å².